The fraction of sp³-hybridized carbons (Fsp3) is 1.00. The summed E-state index contributed by atoms with van der Waals surface area (Å²) in [6.07, 6.45) is 4.81. The number of nitrogens with zero attached hydrogens (tertiary/aromatic N) is 1. The maximum atomic E-state index is 5.70. The molecule has 0 spiro atoms. The third-order valence-corrected chi connectivity index (χ3v) is 4.96. The van der Waals surface area contributed by atoms with Crippen LogP contribution >= 0.6 is 0 Å². The first-order valence-electron chi connectivity index (χ1n) is 11.7. The molecule has 0 radical (unpaired) electrons. The van der Waals surface area contributed by atoms with Gasteiger partial charge in [0, 0.05) is 24.7 Å². The minimum atomic E-state index is 0.210. The summed E-state index contributed by atoms with van der Waals surface area (Å²) in [7, 11) is 0. The zero-order valence-electron chi connectivity index (χ0n) is 19.8. The standard InChI is InChI=1S/C23H48N2O4/c1-21(2)7-6-13-26-15-17-28-19-20-29-18-16-27-14-12-25-10-8-22(9-11-25)24-23(3,4)5/h21-22,24H,6-20H2,1-5H3. The molecule has 29 heavy (non-hydrogen) atoms. The number of piperidine rings is 1. The van der Waals surface area contributed by atoms with E-state index in [1.807, 2.05) is 0 Å². The lowest BCUT2D eigenvalue weighted by Gasteiger charge is -2.36. The van der Waals surface area contributed by atoms with E-state index in [1.165, 1.54) is 19.3 Å². The van der Waals surface area contributed by atoms with Crippen molar-refractivity contribution < 1.29 is 18.9 Å². The summed E-state index contributed by atoms with van der Waals surface area (Å²) in [6, 6.07) is 0.652. The lowest BCUT2D eigenvalue weighted by atomic mass is 10.00. The third-order valence-electron chi connectivity index (χ3n) is 4.96. The van der Waals surface area contributed by atoms with Crippen LogP contribution < -0.4 is 5.32 Å². The molecule has 174 valence electrons. The van der Waals surface area contributed by atoms with E-state index in [9.17, 15) is 0 Å². The van der Waals surface area contributed by atoms with Crippen LogP contribution in [0.5, 0.6) is 0 Å². The molecule has 0 aliphatic carbocycles. The van der Waals surface area contributed by atoms with Crippen LogP contribution in [0.1, 0.15) is 60.3 Å². The molecule has 0 aromatic heterocycles. The monoisotopic (exact) mass is 416 g/mol. The molecule has 1 rings (SSSR count). The van der Waals surface area contributed by atoms with Crippen molar-refractivity contribution in [1.29, 1.82) is 0 Å². The summed E-state index contributed by atoms with van der Waals surface area (Å²) >= 11 is 0. The van der Waals surface area contributed by atoms with Gasteiger partial charge < -0.3 is 29.2 Å². The van der Waals surface area contributed by atoms with Crippen LogP contribution in [-0.2, 0) is 18.9 Å². The second kappa shape index (κ2) is 16.5. The zero-order valence-corrected chi connectivity index (χ0v) is 19.8. The van der Waals surface area contributed by atoms with Gasteiger partial charge in [0.05, 0.1) is 46.2 Å². The summed E-state index contributed by atoms with van der Waals surface area (Å²) in [4.78, 5) is 2.50. The molecule has 1 aliphatic rings. The van der Waals surface area contributed by atoms with E-state index in [0.29, 0.717) is 45.7 Å². The first-order valence-corrected chi connectivity index (χ1v) is 11.7. The molecule has 0 amide bonds. The molecule has 0 aromatic rings. The minimum absolute atomic E-state index is 0.210. The van der Waals surface area contributed by atoms with Gasteiger partial charge in [0.15, 0.2) is 0 Å². The number of likely N-dealkylation sites (tertiary alicyclic amines) is 1. The highest BCUT2D eigenvalue weighted by Crippen LogP contribution is 2.13. The van der Waals surface area contributed by atoms with Gasteiger partial charge in [0.1, 0.15) is 0 Å². The summed E-state index contributed by atoms with van der Waals surface area (Å²) < 4.78 is 22.3. The van der Waals surface area contributed by atoms with Gasteiger partial charge in [-0.05, 0) is 65.5 Å². The van der Waals surface area contributed by atoms with Gasteiger partial charge in [-0.15, -0.1) is 0 Å². The molecule has 0 bridgehead atoms. The second-order valence-electron chi connectivity index (χ2n) is 9.50. The Hall–Kier alpha value is -0.240. The molecule has 0 unspecified atom stereocenters. The zero-order chi connectivity index (χ0) is 21.4. The highest BCUT2D eigenvalue weighted by Gasteiger charge is 2.22. The second-order valence-corrected chi connectivity index (χ2v) is 9.50. The Morgan fingerprint density at radius 1 is 0.793 bits per heavy atom. The SMILES string of the molecule is CC(C)CCCOCCOCCOCCOCCN1CCC(NC(C)(C)C)CC1. The molecule has 1 saturated heterocycles. The van der Waals surface area contributed by atoms with E-state index >= 15 is 0 Å². The molecule has 0 atom stereocenters. The van der Waals surface area contributed by atoms with E-state index in [-0.39, 0.29) is 5.54 Å². The van der Waals surface area contributed by atoms with E-state index < -0.39 is 0 Å². The van der Waals surface area contributed by atoms with Crippen LogP contribution in [0.25, 0.3) is 0 Å². The Kier molecular flexibility index (Phi) is 15.2. The quantitative estimate of drug-likeness (QED) is 0.367. The van der Waals surface area contributed by atoms with E-state index in [0.717, 1.165) is 45.2 Å². The van der Waals surface area contributed by atoms with Crippen molar-refractivity contribution in [3.05, 3.63) is 0 Å². The predicted molar refractivity (Wildman–Crippen MR) is 120 cm³/mol. The average molecular weight is 417 g/mol. The van der Waals surface area contributed by atoms with Crippen molar-refractivity contribution in [2.75, 3.05) is 72.5 Å². The minimum Gasteiger partial charge on any atom is -0.379 e. The predicted octanol–water partition coefficient (Wildman–Crippen LogP) is 3.34. The Labute approximate surface area is 180 Å². The fourth-order valence-electron chi connectivity index (χ4n) is 3.46. The molecule has 1 fully saturated rings. The molecule has 6 nitrogen and oxygen atoms in total. The molecule has 1 aliphatic heterocycles. The highest BCUT2D eigenvalue weighted by molar-refractivity contribution is 4.82. The Morgan fingerprint density at radius 3 is 1.76 bits per heavy atom. The number of ether oxygens (including phenoxy) is 4. The number of hydrogen-bond donors (Lipinski definition) is 1. The summed E-state index contributed by atoms with van der Waals surface area (Å²) in [5, 5.41) is 3.71. The van der Waals surface area contributed by atoms with Crippen LogP contribution in [-0.4, -0.2) is 89.0 Å². The first-order chi connectivity index (χ1) is 13.9. The van der Waals surface area contributed by atoms with Gasteiger partial charge in [-0.2, -0.15) is 0 Å². The van der Waals surface area contributed by atoms with Gasteiger partial charge >= 0.3 is 0 Å². The maximum absolute atomic E-state index is 5.70. The third kappa shape index (κ3) is 17.2. The van der Waals surface area contributed by atoms with Crippen molar-refractivity contribution in [2.45, 2.75) is 71.9 Å². The molecule has 1 N–H and O–H groups in total. The number of nitrogens with one attached hydrogen (secondary N) is 1. The fourth-order valence-corrected chi connectivity index (χ4v) is 3.46. The van der Waals surface area contributed by atoms with Crippen LogP contribution in [0.3, 0.4) is 0 Å². The number of rotatable bonds is 17. The van der Waals surface area contributed by atoms with Gasteiger partial charge in [0.2, 0.25) is 0 Å². The van der Waals surface area contributed by atoms with Crippen molar-refractivity contribution in [2.24, 2.45) is 5.92 Å². The molecule has 6 heteroatoms. The summed E-state index contributed by atoms with van der Waals surface area (Å²) in [5.74, 6) is 0.754. The normalized spacial score (nSPS) is 16.8. The number of hydrogen-bond acceptors (Lipinski definition) is 6. The largest absolute Gasteiger partial charge is 0.379 e. The summed E-state index contributed by atoms with van der Waals surface area (Å²) in [6.45, 7) is 20.0. The first kappa shape index (κ1) is 26.8. The van der Waals surface area contributed by atoms with Crippen molar-refractivity contribution in [3.63, 3.8) is 0 Å². The van der Waals surface area contributed by atoms with E-state index in [1.54, 1.807) is 0 Å². The lowest BCUT2D eigenvalue weighted by Crippen LogP contribution is -2.49. The molecule has 0 aromatic carbocycles. The molecule has 1 heterocycles. The van der Waals surface area contributed by atoms with Crippen LogP contribution in [0.2, 0.25) is 0 Å². The maximum Gasteiger partial charge on any atom is 0.0701 e. The van der Waals surface area contributed by atoms with E-state index in [2.05, 4.69) is 44.8 Å². The summed E-state index contributed by atoms with van der Waals surface area (Å²) in [5.41, 5.74) is 0.210. The van der Waals surface area contributed by atoms with Crippen LogP contribution in [0.4, 0.5) is 0 Å². The lowest BCUT2D eigenvalue weighted by molar-refractivity contribution is -0.00496. The van der Waals surface area contributed by atoms with Crippen molar-refractivity contribution in [1.82, 2.24) is 10.2 Å². The average Bonchev–Trinajstić information content (AvgIpc) is 2.64. The highest BCUT2D eigenvalue weighted by atomic mass is 16.6. The van der Waals surface area contributed by atoms with Crippen molar-refractivity contribution in [3.8, 4) is 0 Å². The van der Waals surface area contributed by atoms with Crippen LogP contribution in [0.15, 0.2) is 0 Å². The topological polar surface area (TPSA) is 52.2 Å². The van der Waals surface area contributed by atoms with Gasteiger partial charge in [0.25, 0.3) is 0 Å². The molecular formula is C23H48N2O4. The van der Waals surface area contributed by atoms with Crippen LogP contribution in [0, 0.1) is 5.92 Å². The van der Waals surface area contributed by atoms with E-state index in [4.69, 9.17) is 18.9 Å². The Balaban J connectivity index is 1.78. The molecular weight excluding hydrogens is 368 g/mol. The van der Waals surface area contributed by atoms with Gasteiger partial charge in [-0.1, -0.05) is 13.8 Å². The van der Waals surface area contributed by atoms with Crippen molar-refractivity contribution >= 4 is 0 Å². The molecule has 0 saturated carbocycles. The Morgan fingerprint density at radius 2 is 1.28 bits per heavy atom. The van der Waals surface area contributed by atoms with Gasteiger partial charge in [-0.3, -0.25) is 0 Å². The Bertz CT molecular complexity index is 366. The van der Waals surface area contributed by atoms with Gasteiger partial charge in [-0.25, -0.2) is 0 Å². The smallest absolute Gasteiger partial charge is 0.0701 e.